The minimum Gasteiger partial charge on any atom is -0.481 e. The topological polar surface area (TPSA) is 60.9 Å². The summed E-state index contributed by atoms with van der Waals surface area (Å²) in [4.78, 5) is 27.0. The Hall–Kier alpha value is -1.59. The molecule has 1 aliphatic heterocycles. The first kappa shape index (κ1) is 18.5. The van der Waals surface area contributed by atoms with E-state index < -0.39 is 5.97 Å². The first-order valence-corrected chi connectivity index (χ1v) is 7.37. The van der Waals surface area contributed by atoms with Gasteiger partial charge in [0.2, 0.25) is 5.91 Å². The van der Waals surface area contributed by atoms with Crippen molar-refractivity contribution in [3.05, 3.63) is 35.9 Å². The number of aliphatic carboxylic acids is 1. The minimum atomic E-state index is -0.762. The molecule has 1 saturated heterocycles. The van der Waals surface area contributed by atoms with Crippen LogP contribution in [0.5, 0.6) is 0 Å². The molecule has 1 fully saturated rings. The van der Waals surface area contributed by atoms with Gasteiger partial charge in [-0.25, -0.2) is 0 Å². The number of likely N-dealkylation sites (N-methyl/N-ethyl adjacent to an activating group) is 1. The molecule has 1 aromatic carbocycles. The van der Waals surface area contributed by atoms with Crippen molar-refractivity contribution in [1.82, 2.24) is 9.80 Å². The van der Waals surface area contributed by atoms with E-state index in [1.807, 2.05) is 47.1 Å². The first-order valence-electron chi connectivity index (χ1n) is 7.37. The molecule has 1 N–H and O–H groups in total. The van der Waals surface area contributed by atoms with E-state index in [0.29, 0.717) is 39.1 Å². The Labute approximate surface area is 137 Å². The number of carboxylic acid groups (broad SMARTS) is 1. The van der Waals surface area contributed by atoms with Gasteiger partial charge < -0.3 is 10.0 Å². The van der Waals surface area contributed by atoms with Gasteiger partial charge in [-0.1, -0.05) is 30.3 Å². The number of carbonyl (C=O) groups excluding carboxylic acids is 1. The van der Waals surface area contributed by atoms with Crippen LogP contribution in [0.4, 0.5) is 0 Å². The van der Waals surface area contributed by atoms with Crippen molar-refractivity contribution < 1.29 is 14.7 Å². The predicted octanol–water partition coefficient (Wildman–Crippen LogP) is 1.86. The highest BCUT2D eigenvalue weighted by Crippen LogP contribution is 2.16. The highest BCUT2D eigenvalue weighted by molar-refractivity contribution is 5.85. The maximum atomic E-state index is 12.3. The zero-order valence-corrected chi connectivity index (χ0v) is 13.6. The molecule has 0 spiro atoms. The molecular weight excluding hydrogens is 304 g/mol. The van der Waals surface area contributed by atoms with Crippen LogP contribution >= 0.6 is 12.4 Å². The Morgan fingerprint density at radius 3 is 2.55 bits per heavy atom. The fourth-order valence-electron chi connectivity index (χ4n) is 2.65. The van der Waals surface area contributed by atoms with E-state index >= 15 is 0 Å². The smallest absolute Gasteiger partial charge is 0.307 e. The Morgan fingerprint density at radius 2 is 2.00 bits per heavy atom. The van der Waals surface area contributed by atoms with Gasteiger partial charge >= 0.3 is 5.97 Å². The molecule has 5 nitrogen and oxygen atoms in total. The monoisotopic (exact) mass is 326 g/mol. The predicted molar refractivity (Wildman–Crippen MR) is 87.0 cm³/mol. The third-order valence-corrected chi connectivity index (χ3v) is 3.93. The summed E-state index contributed by atoms with van der Waals surface area (Å²) in [6.45, 7) is 4.70. The second-order valence-electron chi connectivity index (χ2n) is 5.45. The zero-order chi connectivity index (χ0) is 15.2. The number of rotatable bonds is 6. The van der Waals surface area contributed by atoms with Crippen molar-refractivity contribution in [2.45, 2.75) is 19.9 Å². The van der Waals surface area contributed by atoms with Crippen molar-refractivity contribution in [3.63, 3.8) is 0 Å². The summed E-state index contributed by atoms with van der Waals surface area (Å²) in [6, 6.07) is 9.90. The number of hydrogen-bond acceptors (Lipinski definition) is 3. The first-order chi connectivity index (χ1) is 10.1. The number of carbonyl (C=O) groups is 2. The van der Waals surface area contributed by atoms with Gasteiger partial charge in [-0.05, 0) is 25.5 Å². The summed E-state index contributed by atoms with van der Waals surface area (Å²) in [7, 11) is 0. The Morgan fingerprint density at radius 1 is 1.32 bits per heavy atom. The van der Waals surface area contributed by atoms with E-state index in [0.717, 1.165) is 5.56 Å². The molecule has 1 unspecified atom stereocenters. The average Bonchev–Trinajstić information content (AvgIpc) is 2.94. The van der Waals surface area contributed by atoms with Gasteiger partial charge in [0.05, 0.1) is 12.5 Å². The van der Waals surface area contributed by atoms with Gasteiger partial charge in [-0.3, -0.25) is 14.5 Å². The molecule has 122 valence electrons. The summed E-state index contributed by atoms with van der Waals surface area (Å²) in [5, 5.41) is 8.99. The maximum absolute atomic E-state index is 12.3. The zero-order valence-electron chi connectivity index (χ0n) is 12.8. The van der Waals surface area contributed by atoms with Crippen molar-refractivity contribution >= 4 is 24.3 Å². The number of amides is 1. The third kappa shape index (κ3) is 5.00. The van der Waals surface area contributed by atoms with Crippen LogP contribution in [0.3, 0.4) is 0 Å². The number of carboxylic acids is 1. The van der Waals surface area contributed by atoms with E-state index in [4.69, 9.17) is 5.11 Å². The second-order valence-corrected chi connectivity index (χ2v) is 5.45. The molecule has 1 amide bonds. The molecular formula is C16H23ClN2O3. The van der Waals surface area contributed by atoms with Gasteiger partial charge in [-0.2, -0.15) is 0 Å². The lowest BCUT2D eigenvalue weighted by Gasteiger charge is -2.24. The van der Waals surface area contributed by atoms with Crippen LogP contribution in [0.1, 0.15) is 18.9 Å². The molecule has 1 atom stereocenters. The molecule has 1 aliphatic rings. The van der Waals surface area contributed by atoms with Crippen LogP contribution < -0.4 is 0 Å². The lowest BCUT2D eigenvalue weighted by Crippen LogP contribution is -2.39. The van der Waals surface area contributed by atoms with Gasteiger partial charge in [0.15, 0.2) is 0 Å². The van der Waals surface area contributed by atoms with Crippen molar-refractivity contribution in [1.29, 1.82) is 0 Å². The quantitative estimate of drug-likeness (QED) is 0.867. The lowest BCUT2D eigenvalue weighted by atomic mass is 10.1. The molecule has 1 heterocycles. The second kappa shape index (κ2) is 8.76. The molecule has 0 radical (unpaired) electrons. The number of likely N-dealkylation sites (tertiary alicyclic amines) is 1. The summed E-state index contributed by atoms with van der Waals surface area (Å²) >= 11 is 0. The van der Waals surface area contributed by atoms with E-state index in [1.165, 1.54) is 0 Å². The molecule has 6 heteroatoms. The summed E-state index contributed by atoms with van der Waals surface area (Å²) in [5.74, 6) is -1.03. The largest absolute Gasteiger partial charge is 0.481 e. The lowest BCUT2D eigenvalue weighted by molar-refractivity contribution is -0.141. The summed E-state index contributed by atoms with van der Waals surface area (Å²) in [6.07, 6.45) is 0.632. The highest BCUT2D eigenvalue weighted by atomic mass is 35.5. The van der Waals surface area contributed by atoms with Crippen molar-refractivity contribution in [3.8, 4) is 0 Å². The molecule has 0 bridgehead atoms. The van der Waals surface area contributed by atoms with E-state index in [2.05, 4.69) is 0 Å². The third-order valence-electron chi connectivity index (χ3n) is 3.93. The fraction of sp³-hybridized carbons (Fsp3) is 0.500. The Bertz CT molecular complexity index is 495. The maximum Gasteiger partial charge on any atom is 0.307 e. The molecule has 1 aromatic rings. The van der Waals surface area contributed by atoms with Crippen LogP contribution in [0, 0.1) is 5.92 Å². The number of hydrogen-bond donors (Lipinski definition) is 1. The van der Waals surface area contributed by atoms with Crippen LogP contribution in [-0.2, 0) is 16.1 Å². The van der Waals surface area contributed by atoms with Crippen LogP contribution in [0.15, 0.2) is 30.3 Å². The van der Waals surface area contributed by atoms with Gasteiger partial charge in [0, 0.05) is 19.6 Å². The molecule has 22 heavy (non-hydrogen) atoms. The van der Waals surface area contributed by atoms with Crippen LogP contribution in [0.2, 0.25) is 0 Å². The number of nitrogens with zero attached hydrogens (tertiary/aromatic N) is 2. The van der Waals surface area contributed by atoms with E-state index in [-0.39, 0.29) is 24.2 Å². The van der Waals surface area contributed by atoms with Crippen molar-refractivity contribution in [2.75, 3.05) is 26.2 Å². The molecule has 0 aromatic heterocycles. The number of halogens is 1. The Balaban J connectivity index is 0.00000242. The van der Waals surface area contributed by atoms with Gasteiger partial charge in [0.25, 0.3) is 0 Å². The van der Waals surface area contributed by atoms with Crippen molar-refractivity contribution in [2.24, 2.45) is 5.92 Å². The van der Waals surface area contributed by atoms with Crippen LogP contribution in [-0.4, -0.2) is 53.0 Å². The highest BCUT2D eigenvalue weighted by Gasteiger charge is 2.29. The molecule has 2 rings (SSSR count). The van der Waals surface area contributed by atoms with Gasteiger partial charge in [-0.15, -0.1) is 12.4 Å². The molecule has 0 saturated carbocycles. The average molecular weight is 327 g/mol. The summed E-state index contributed by atoms with van der Waals surface area (Å²) < 4.78 is 0. The Kier molecular flexibility index (Phi) is 7.35. The molecule has 0 aliphatic carbocycles. The van der Waals surface area contributed by atoms with E-state index in [1.54, 1.807) is 0 Å². The standard InChI is InChI=1S/C16H22N2O3.ClH/c1-2-18(10-13-6-4-3-5-7-13)15(19)12-17-9-8-14(11-17)16(20)21;/h3-7,14H,2,8-12H2,1H3,(H,20,21);1H. The normalized spacial score (nSPS) is 17.8. The van der Waals surface area contributed by atoms with Crippen LogP contribution in [0.25, 0.3) is 0 Å². The summed E-state index contributed by atoms with van der Waals surface area (Å²) in [5.41, 5.74) is 1.11. The number of benzene rings is 1. The van der Waals surface area contributed by atoms with E-state index in [9.17, 15) is 9.59 Å². The fourth-order valence-corrected chi connectivity index (χ4v) is 2.65. The minimum absolute atomic E-state index is 0. The van der Waals surface area contributed by atoms with Gasteiger partial charge in [0.1, 0.15) is 0 Å². The SMILES string of the molecule is CCN(Cc1ccccc1)C(=O)CN1CCC(C(=O)O)C1.Cl.